The first kappa shape index (κ1) is 13.1. The average Bonchev–Trinajstić information content (AvgIpc) is 2.56. The van der Waals surface area contributed by atoms with Crippen LogP contribution in [0.25, 0.3) is 0 Å². The fourth-order valence-corrected chi connectivity index (χ4v) is 8.20. The summed E-state index contributed by atoms with van der Waals surface area (Å²) >= 11 is 0.548. The molecular formula is C16H12O4Se2. The van der Waals surface area contributed by atoms with Crippen molar-refractivity contribution in [2.45, 2.75) is 0 Å². The summed E-state index contributed by atoms with van der Waals surface area (Å²) in [6.45, 7) is 2.55. The van der Waals surface area contributed by atoms with Crippen LogP contribution in [0.3, 0.4) is 0 Å². The van der Waals surface area contributed by atoms with Gasteiger partial charge in [-0.1, -0.05) is 0 Å². The van der Waals surface area contributed by atoms with Crippen LogP contribution in [0.15, 0.2) is 24.3 Å². The first-order valence-electron chi connectivity index (χ1n) is 7.10. The summed E-state index contributed by atoms with van der Waals surface area (Å²) < 4.78 is 28.5. The molecule has 0 saturated heterocycles. The normalized spacial score (nSPS) is 17.5. The molecule has 2 aromatic rings. The van der Waals surface area contributed by atoms with Gasteiger partial charge in [-0.05, 0) is 0 Å². The van der Waals surface area contributed by atoms with Crippen molar-refractivity contribution in [3.8, 4) is 23.0 Å². The molecule has 0 amide bonds. The molecule has 0 unspecified atom stereocenters. The van der Waals surface area contributed by atoms with Gasteiger partial charge in [0.15, 0.2) is 0 Å². The van der Waals surface area contributed by atoms with Crippen molar-refractivity contribution in [2.24, 2.45) is 0 Å². The molecule has 5 rings (SSSR count). The van der Waals surface area contributed by atoms with Crippen molar-refractivity contribution < 1.29 is 18.9 Å². The molecule has 4 nitrogen and oxygen atoms in total. The summed E-state index contributed by atoms with van der Waals surface area (Å²) in [4.78, 5) is 0. The molecule has 0 radical (unpaired) electrons. The Hall–Kier alpha value is -1.32. The third-order valence-corrected chi connectivity index (χ3v) is 9.65. The Morgan fingerprint density at radius 3 is 1.05 bits per heavy atom. The Bertz CT molecular complexity index is 648. The molecule has 0 bridgehead atoms. The van der Waals surface area contributed by atoms with E-state index >= 15 is 0 Å². The summed E-state index contributed by atoms with van der Waals surface area (Å²) in [7, 11) is 0. The van der Waals surface area contributed by atoms with Crippen LogP contribution in [0.1, 0.15) is 0 Å². The van der Waals surface area contributed by atoms with E-state index in [2.05, 4.69) is 24.3 Å². The van der Waals surface area contributed by atoms with Gasteiger partial charge in [-0.2, -0.15) is 0 Å². The van der Waals surface area contributed by atoms with Gasteiger partial charge in [0.25, 0.3) is 0 Å². The van der Waals surface area contributed by atoms with E-state index in [0.717, 1.165) is 23.0 Å². The van der Waals surface area contributed by atoms with Gasteiger partial charge in [0.2, 0.25) is 0 Å². The van der Waals surface area contributed by atoms with Crippen LogP contribution in [-0.4, -0.2) is 56.3 Å². The van der Waals surface area contributed by atoms with Crippen LogP contribution in [0.5, 0.6) is 23.0 Å². The van der Waals surface area contributed by atoms with Crippen molar-refractivity contribution >= 4 is 47.8 Å². The van der Waals surface area contributed by atoms with E-state index < -0.39 is 0 Å². The number of rotatable bonds is 0. The van der Waals surface area contributed by atoms with Gasteiger partial charge in [0.05, 0.1) is 0 Å². The zero-order valence-electron chi connectivity index (χ0n) is 11.6. The van der Waals surface area contributed by atoms with Gasteiger partial charge in [0.1, 0.15) is 0 Å². The molecule has 0 fully saturated rings. The summed E-state index contributed by atoms with van der Waals surface area (Å²) in [5, 5.41) is 0. The Labute approximate surface area is 140 Å². The third kappa shape index (κ3) is 2.10. The minimum atomic E-state index is 0.274. The van der Waals surface area contributed by atoms with Crippen molar-refractivity contribution in [2.75, 3.05) is 26.4 Å². The molecule has 2 aromatic carbocycles. The van der Waals surface area contributed by atoms with Gasteiger partial charge < -0.3 is 0 Å². The minimum absolute atomic E-state index is 0.274. The van der Waals surface area contributed by atoms with E-state index in [9.17, 15) is 0 Å². The van der Waals surface area contributed by atoms with Crippen LogP contribution >= 0.6 is 0 Å². The van der Waals surface area contributed by atoms with E-state index in [1.54, 1.807) is 0 Å². The van der Waals surface area contributed by atoms with Crippen LogP contribution in [0.4, 0.5) is 0 Å². The van der Waals surface area contributed by atoms with Gasteiger partial charge in [0, 0.05) is 0 Å². The number of hydrogen-bond acceptors (Lipinski definition) is 4. The maximum atomic E-state index is 5.72. The Kier molecular flexibility index (Phi) is 3.05. The zero-order valence-corrected chi connectivity index (χ0v) is 15.0. The molecule has 22 heavy (non-hydrogen) atoms. The van der Waals surface area contributed by atoms with Gasteiger partial charge in [-0.3, -0.25) is 0 Å². The van der Waals surface area contributed by atoms with E-state index in [1.807, 2.05) is 0 Å². The fraction of sp³-hybridized carbons (Fsp3) is 0.250. The first-order chi connectivity index (χ1) is 10.9. The van der Waals surface area contributed by atoms with Crippen molar-refractivity contribution in [1.29, 1.82) is 0 Å². The molecule has 0 saturated carbocycles. The second-order valence-electron chi connectivity index (χ2n) is 5.09. The maximum absolute atomic E-state index is 5.72. The predicted molar refractivity (Wildman–Crippen MR) is 84.9 cm³/mol. The SMILES string of the molecule is c1c2c(cc3c1[Se]c1cc4c(cc1[Se]3)OCCO4)OCCO2. The molecule has 112 valence electrons. The molecule has 3 aliphatic rings. The van der Waals surface area contributed by atoms with Gasteiger partial charge in [-0.25, -0.2) is 0 Å². The molecule has 3 aliphatic heterocycles. The zero-order chi connectivity index (χ0) is 14.5. The summed E-state index contributed by atoms with van der Waals surface area (Å²) in [5.74, 6) is 3.57. The summed E-state index contributed by atoms with van der Waals surface area (Å²) in [6.07, 6.45) is 0. The third-order valence-electron chi connectivity index (χ3n) is 3.66. The van der Waals surface area contributed by atoms with Crippen molar-refractivity contribution in [3.05, 3.63) is 24.3 Å². The number of benzene rings is 2. The molecule has 0 N–H and O–H groups in total. The molecular weight excluding hydrogens is 414 g/mol. The van der Waals surface area contributed by atoms with E-state index in [1.165, 1.54) is 17.8 Å². The molecule has 0 spiro atoms. The first-order valence-corrected chi connectivity index (χ1v) is 10.5. The van der Waals surface area contributed by atoms with E-state index in [-0.39, 0.29) is 29.9 Å². The quantitative estimate of drug-likeness (QED) is 0.426. The average molecular weight is 426 g/mol. The topological polar surface area (TPSA) is 36.9 Å². The van der Waals surface area contributed by atoms with Crippen LogP contribution in [0, 0.1) is 0 Å². The van der Waals surface area contributed by atoms with Crippen LogP contribution in [-0.2, 0) is 0 Å². The number of fused-ring (bicyclic) bond motifs is 4. The van der Waals surface area contributed by atoms with Crippen molar-refractivity contribution in [1.82, 2.24) is 0 Å². The predicted octanol–water partition coefficient (Wildman–Crippen LogP) is -1.15. The molecule has 6 heteroatoms. The standard InChI is InChI=1S/C16H12O4Se2/c1-2-18-10-6-14-13(5-9(10)17-1)21-15-7-11-12(8-16(15)22-14)20-4-3-19-11/h5-8H,1-4H2. The Morgan fingerprint density at radius 1 is 0.500 bits per heavy atom. The van der Waals surface area contributed by atoms with Gasteiger partial charge in [-0.15, -0.1) is 0 Å². The molecule has 0 atom stereocenters. The van der Waals surface area contributed by atoms with Crippen LogP contribution in [0.2, 0.25) is 0 Å². The monoisotopic (exact) mass is 428 g/mol. The Balaban J connectivity index is 1.58. The molecule has 0 aromatic heterocycles. The molecule has 3 heterocycles. The second kappa shape index (κ2) is 5.10. The van der Waals surface area contributed by atoms with Crippen molar-refractivity contribution in [3.63, 3.8) is 0 Å². The van der Waals surface area contributed by atoms with E-state index in [0.29, 0.717) is 26.4 Å². The van der Waals surface area contributed by atoms with E-state index in [4.69, 9.17) is 18.9 Å². The number of hydrogen-bond donors (Lipinski definition) is 0. The Morgan fingerprint density at radius 2 is 0.773 bits per heavy atom. The number of ether oxygens (including phenoxy) is 4. The summed E-state index contributed by atoms with van der Waals surface area (Å²) in [5.41, 5.74) is 0. The summed E-state index contributed by atoms with van der Waals surface area (Å²) in [6, 6.07) is 8.69. The van der Waals surface area contributed by atoms with Crippen LogP contribution < -0.4 is 36.8 Å². The molecule has 0 aliphatic carbocycles. The second-order valence-corrected chi connectivity index (χ2v) is 9.64. The fourth-order valence-electron chi connectivity index (χ4n) is 2.66. The van der Waals surface area contributed by atoms with Gasteiger partial charge >= 0.3 is 140 Å².